The first-order chi connectivity index (χ1) is 16.8. The topological polar surface area (TPSA) is 91.8 Å². The van der Waals surface area contributed by atoms with Gasteiger partial charge in [0, 0.05) is 41.8 Å². The summed E-state index contributed by atoms with van der Waals surface area (Å²) in [6, 6.07) is 3.67. The van der Waals surface area contributed by atoms with E-state index in [2.05, 4.69) is 14.9 Å². The number of aromatic nitrogens is 1. The molecule has 6 nitrogen and oxygen atoms in total. The third kappa shape index (κ3) is 7.73. The Hall–Kier alpha value is -2.01. The van der Waals surface area contributed by atoms with Crippen molar-refractivity contribution in [1.29, 1.82) is 0 Å². The number of likely N-dealkylation sites (tertiary alicyclic amines) is 1. The molecule has 190 valence electrons. The molecule has 1 aliphatic rings. The number of rotatable bonds is 11. The van der Waals surface area contributed by atoms with Crippen LogP contribution in [-0.4, -0.2) is 64.6 Å². The van der Waals surface area contributed by atoms with Gasteiger partial charge in [-0.15, -0.1) is 23.1 Å². The number of benzene rings is 1. The van der Waals surface area contributed by atoms with Crippen LogP contribution in [0.15, 0.2) is 40.3 Å². The number of aliphatic carboxylic acids is 1. The number of halogens is 3. The van der Waals surface area contributed by atoms with Crippen LogP contribution in [0.25, 0.3) is 5.57 Å². The molecule has 2 aromatic rings. The minimum absolute atomic E-state index is 0.00883. The number of carboxylic acids is 1. The third-order valence-electron chi connectivity index (χ3n) is 5.80. The van der Waals surface area contributed by atoms with Gasteiger partial charge in [-0.2, -0.15) is 0 Å². The van der Waals surface area contributed by atoms with E-state index in [-0.39, 0.29) is 23.2 Å². The smallest absolute Gasteiger partial charge is 0.313 e. The highest BCUT2D eigenvalue weighted by Gasteiger charge is 2.30. The van der Waals surface area contributed by atoms with Gasteiger partial charge in [-0.1, -0.05) is 24.6 Å². The van der Waals surface area contributed by atoms with Gasteiger partial charge in [0.15, 0.2) is 0 Å². The molecule has 1 aromatic heterocycles. The number of hydrogen-bond donors (Lipinski definition) is 2. The molecule has 1 aromatic carbocycles. The van der Waals surface area contributed by atoms with Crippen molar-refractivity contribution in [2.24, 2.45) is 16.6 Å². The molecular formula is C24H29ClF2N4O2S2. The normalized spacial score (nSPS) is 20.7. The van der Waals surface area contributed by atoms with Crippen LogP contribution < -0.4 is 5.73 Å². The van der Waals surface area contributed by atoms with Crippen LogP contribution in [0, 0.1) is 11.7 Å². The van der Waals surface area contributed by atoms with Gasteiger partial charge in [0.1, 0.15) is 17.0 Å². The van der Waals surface area contributed by atoms with Gasteiger partial charge in [-0.25, -0.2) is 13.8 Å². The van der Waals surface area contributed by atoms with Crippen molar-refractivity contribution < 1.29 is 18.7 Å². The molecule has 0 saturated carbocycles. The Bertz CT molecular complexity index is 1050. The number of aliphatic imine (C=N–C) groups is 1. The highest BCUT2D eigenvalue weighted by atomic mass is 35.5. The standard InChI is InChI=1S/C24H29ClF2N4O2S2/c1-2-18(23(30-14-28)19-4-3-16(26)8-21(19)25)20(24-29-5-6-35-24)11-31-9-15(7-17(27)10-31)12-34-13-22(32)33/h3-6,8,14-15,17,23H,2,7,9-13H2,1H3,(H2,28,30)(H,32,33)/b20-18-/t15?,17?,23-/m1/s1. The summed E-state index contributed by atoms with van der Waals surface area (Å²) in [5.41, 5.74) is 8.17. The summed E-state index contributed by atoms with van der Waals surface area (Å²) in [6.07, 6.45) is 2.97. The van der Waals surface area contributed by atoms with Crippen LogP contribution in [-0.2, 0) is 4.79 Å². The number of nitrogens with zero attached hydrogens (tertiary/aromatic N) is 3. The van der Waals surface area contributed by atoms with Gasteiger partial charge in [0.2, 0.25) is 0 Å². The fourth-order valence-corrected chi connectivity index (χ4v) is 6.28. The molecule has 0 spiro atoms. The number of thiazole rings is 1. The van der Waals surface area contributed by atoms with E-state index in [0.717, 1.165) is 16.2 Å². The van der Waals surface area contributed by atoms with Gasteiger partial charge in [-0.05, 0) is 47.8 Å². The summed E-state index contributed by atoms with van der Waals surface area (Å²) in [5.74, 6) is -0.659. The zero-order valence-corrected chi connectivity index (χ0v) is 21.8. The largest absolute Gasteiger partial charge is 0.481 e. The van der Waals surface area contributed by atoms with E-state index < -0.39 is 24.0 Å². The minimum Gasteiger partial charge on any atom is -0.481 e. The maximum atomic E-state index is 14.7. The van der Waals surface area contributed by atoms with Gasteiger partial charge < -0.3 is 10.8 Å². The lowest BCUT2D eigenvalue weighted by molar-refractivity contribution is -0.133. The van der Waals surface area contributed by atoms with Crippen molar-refractivity contribution in [3.8, 4) is 0 Å². The first-order valence-corrected chi connectivity index (χ1v) is 13.7. The second kappa shape index (κ2) is 13.3. The van der Waals surface area contributed by atoms with E-state index in [9.17, 15) is 13.6 Å². The number of nitrogens with two attached hydrogens (primary N) is 1. The molecule has 3 rings (SSSR count). The Labute approximate surface area is 217 Å². The third-order valence-corrected chi connectivity index (χ3v) is 8.12. The number of thioether (sulfide) groups is 1. The minimum atomic E-state index is -0.994. The first-order valence-electron chi connectivity index (χ1n) is 11.3. The maximum Gasteiger partial charge on any atom is 0.313 e. The maximum absolute atomic E-state index is 14.7. The molecule has 1 aliphatic heterocycles. The van der Waals surface area contributed by atoms with E-state index >= 15 is 0 Å². The highest BCUT2D eigenvalue weighted by molar-refractivity contribution is 7.99. The van der Waals surface area contributed by atoms with Gasteiger partial charge >= 0.3 is 5.97 Å². The number of carbonyl (C=O) groups is 1. The molecular weight excluding hydrogens is 514 g/mol. The van der Waals surface area contributed by atoms with Crippen LogP contribution in [0.1, 0.15) is 36.4 Å². The van der Waals surface area contributed by atoms with Crippen LogP contribution in [0.2, 0.25) is 5.02 Å². The lowest BCUT2D eigenvalue weighted by Gasteiger charge is -2.35. The number of carboxylic acid groups (broad SMARTS) is 1. The molecule has 35 heavy (non-hydrogen) atoms. The molecule has 1 fully saturated rings. The SMILES string of the molecule is CC/C(=C(\CN1CC(F)CC(CSCC(=O)O)C1)c1nccs1)[C@@H](N=CN)c1ccc(F)cc1Cl. The van der Waals surface area contributed by atoms with Crippen molar-refractivity contribution >= 4 is 52.6 Å². The molecule has 3 atom stereocenters. The van der Waals surface area contributed by atoms with E-state index in [4.69, 9.17) is 22.4 Å². The van der Waals surface area contributed by atoms with Gasteiger partial charge in [0.25, 0.3) is 0 Å². The monoisotopic (exact) mass is 542 g/mol. The Morgan fingerprint density at radius 1 is 1.49 bits per heavy atom. The second-order valence-corrected chi connectivity index (χ2v) is 10.7. The van der Waals surface area contributed by atoms with Gasteiger partial charge in [-0.3, -0.25) is 14.7 Å². The molecule has 1 saturated heterocycles. The summed E-state index contributed by atoms with van der Waals surface area (Å²) in [7, 11) is 0. The van der Waals surface area contributed by atoms with Crippen LogP contribution in [0.4, 0.5) is 8.78 Å². The number of hydrogen-bond acceptors (Lipinski definition) is 6. The molecule has 0 bridgehead atoms. The zero-order valence-electron chi connectivity index (χ0n) is 19.4. The lowest BCUT2D eigenvalue weighted by atomic mass is 9.91. The predicted octanol–water partition coefficient (Wildman–Crippen LogP) is 5.31. The zero-order chi connectivity index (χ0) is 25.4. The van der Waals surface area contributed by atoms with Crippen molar-refractivity contribution in [3.05, 3.63) is 56.8 Å². The molecule has 2 unspecified atom stereocenters. The average molecular weight is 543 g/mol. The first kappa shape index (κ1) is 27.6. The Balaban J connectivity index is 1.95. The van der Waals surface area contributed by atoms with Crippen molar-refractivity contribution in [3.63, 3.8) is 0 Å². The predicted molar refractivity (Wildman–Crippen MR) is 141 cm³/mol. The van der Waals surface area contributed by atoms with E-state index in [0.29, 0.717) is 37.2 Å². The lowest BCUT2D eigenvalue weighted by Crippen LogP contribution is -2.43. The van der Waals surface area contributed by atoms with Gasteiger partial charge in [0.05, 0.1) is 18.1 Å². The summed E-state index contributed by atoms with van der Waals surface area (Å²) in [6.45, 7) is 3.39. The van der Waals surface area contributed by atoms with Crippen LogP contribution in [0.5, 0.6) is 0 Å². The Morgan fingerprint density at radius 3 is 2.91 bits per heavy atom. The van der Waals surface area contributed by atoms with Crippen molar-refractivity contribution in [2.45, 2.75) is 32.0 Å². The Kier molecular flexibility index (Phi) is 10.5. The van der Waals surface area contributed by atoms with Crippen molar-refractivity contribution in [1.82, 2.24) is 9.88 Å². The van der Waals surface area contributed by atoms with E-state index in [1.807, 2.05) is 12.3 Å². The average Bonchev–Trinajstić information content (AvgIpc) is 3.33. The van der Waals surface area contributed by atoms with Crippen LogP contribution >= 0.6 is 34.7 Å². The number of piperidine rings is 1. The molecule has 2 heterocycles. The molecule has 3 N–H and O–H groups in total. The summed E-state index contributed by atoms with van der Waals surface area (Å²) in [4.78, 5) is 21.9. The summed E-state index contributed by atoms with van der Waals surface area (Å²) < 4.78 is 28.4. The van der Waals surface area contributed by atoms with E-state index in [1.165, 1.54) is 41.6 Å². The molecule has 0 amide bonds. The van der Waals surface area contributed by atoms with E-state index in [1.54, 1.807) is 12.3 Å². The van der Waals surface area contributed by atoms with Crippen LogP contribution in [0.3, 0.4) is 0 Å². The molecule has 0 radical (unpaired) electrons. The summed E-state index contributed by atoms with van der Waals surface area (Å²) >= 11 is 9.20. The summed E-state index contributed by atoms with van der Waals surface area (Å²) in [5, 5.41) is 11.9. The molecule has 0 aliphatic carbocycles. The Morgan fingerprint density at radius 2 is 2.29 bits per heavy atom. The fraction of sp³-hybridized carbons (Fsp3) is 0.458. The highest BCUT2D eigenvalue weighted by Crippen LogP contribution is 2.39. The fourth-order valence-electron chi connectivity index (χ4n) is 4.44. The molecule has 11 heteroatoms. The quantitative estimate of drug-likeness (QED) is 0.295. The second-order valence-electron chi connectivity index (χ2n) is 8.36. The number of alkyl halides is 1. The van der Waals surface area contributed by atoms with Crippen molar-refractivity contribution in [2.75, 3.05) is 31.1 Å².